The van der Waals surface area contributed by atoms with E-state index in [2.05, 4.69) is 47.5 Å². The van der Waals surface area contributed by atoms with Gasteiger partial charge in [-0.25, -0.2) is 0 Å². The van der Waals surface area contributed by atoms with Crippen LogP contribution in [0.15, 0.2) is 23.2 Å². The number of fused-ring (bicyclic) bond motifs is 1. The van der Waals surface area contributed by atoms with E-state index in [0.29, 0.717) is 12.8 Å². The van der Waals surface area contributed by atoms with Gasteiger partial charge in [0, 0.05) is 32.7 Å². The van der Waals surface area contributed by atoms with Crippen LogP contribution in [0.25, 0.3) is 0 Å². The van der Waals surface area contributed by atoms with Gasteiger partial charge in [0.05, 0.1) is 0 Å². The second kappa shape index (κ2) is 10.6. The van der Waals surface area contributed by atoms with Crippen molar-refractivity contribution in [2.45, 2.75) is 26.3 Å². The maximum atomic E-state index is 5.40. The van der Waals surface area contributed by atoms with E-state index >= 15 is 0 Å². The third kappa shape index (κ3) is 6.35. The van der Waals surface area contributed by atoms with Gasteiger partial charge in [-0.15, -0.1) is 24.0 Å². The van der Waals surface area contributed by atoms with Crippen LogP contribution >= 0.6 is 24.0 Å². The molecule has 7 heteroatoms. The molecule has 0 radical (unpaired) electrons. The summed E-state index contributed by atoms with van der Waals surface area (Å²) in [5.41, 5.74) is 1.22. The molecule has 0 atom stereocenters. The smallest absolute Gasteiger partial charge is 0.231 e. The lowest BCUT2D eigenvalue weighted by atomic mass is 10.1. The molecule has 0 unspecified atom stereocenters. The molecule has 0 aromatic heterocycles. The van der Waals surface area contributed by atoms with Crippen molar-refractivity contribution in [2.24, 2.45) is 4.99 Å². The van der Waals surface area contributed by atoms with E-state index in [-0.39, 0.29) is 24.0 Å². The number of halogens is 1. The van der Waals surface area contributed by atoms with Crippen LogP contribution in [0.3, 0.4) is 0 Å². The summed E-state index contributed by atoms with van der Waals surface area (Å²) in [5.74, 6) is 2.50. The molecule has 2 N–H and O–H groups in total. The Morgan fingerprint density at radius 2 is 1.92 bits per heavy atom. The second-order valence-electron chi connectivity index (χ2n) is 5.94. The fourth-order valence-corrected chi connectivity index (χ4v) is 2.25. The normalized spacial score (nSPS) is 13.2. The minimum absolute atomic E-state index is 0. The third-order valence-electron chi connectivity index (χ3n) is 4.01. The highest BCUT2D eigenvalue weighted by atomic mass is 127. The summed E-state index contributed by atoms with van der Waals surface area (Å²) in [6, 6.07) is 6.63. The predicted octanol–water partition coefficient (Wildman–Crippen LogP) is 2.08. The highest BCUT2D eigenvalue weighted by Crippen LogP contribution is 2.32. The number of hydrogen-bond donors (Lipinski definition) is 2. The summed E-state index contributed by atoms with van der Waals surface area (Å²) < 4.78 is 10.7. The van der Waals surface area contributed by atoms with Gasteiger partial charge in [-0.3, -0.25) is 4.99 Å². The lowest BCUT2D eigenvalue weighted by molar-refractivity contribution is 0.174. The van der Waals surface area contributed by atoms with Crippen molar-refractivity contribution in [3.05, 3.63) is 23.8 Å². The summed E-state index contributed by atoms with van der Waals surface area (Å²) in [7, 11) is 3.92. The van der Waals surface area contributed by atoms with Gasteiger partial charge >= 0.3 is 0 Å². The molecule has 0 fully saturated rings. The summed E-state index contributed by atoms with van der Waals surface area (Å²) in [4.78, 5) is 6.55. The standard InChI is InChI=1S/C17H28N4O2.HI/c1-13(2)21(4)10-9-20-17(18-3)19-8-7-14-5-6-15-16(11-14)23-12-22-15;/h5-6,11,13H,7-10,12H2,1-4H3,(H2,18,19,20);1H. The van der Waals surface area contributed by atoms with E-state index in [1.807, 2.05) is 12.1 Å². The van der Waals surface area contributed by atoms with Crippen molar-refractivity contribution in [1.29, 1.82) is 0 Å². The average molecular weight is 448 g/mol. The molecule has 24 heavy (non-hydrogen) atoms. The lowest BCUT2D eigenvalue weighted by Crippen LogP contribution is -2.42. The van der Waals surface area contributed by atoms with Crippen LogP contribution in [0.4, 0.5) is 0 Å². The van der Waals surface area contributed by atoms with Crippen LogP contribution in [0.5, 0.6) is 11.5 Å². The van der Waals surface area contributed by atoms with Crippen molar-refractivity contribution in [2.75, 3.05) is 40.5 Å². The minimum atomic E-state index is 0. The quantitative estimate of drug-likeness (QED) is 0.380. The number of hydrogen-bond acceptors (Lipinski definition) is 4. The van der Waals surface area contributed by atoms with Crippen molar-refractivity contribution in [3.8, 4) is 11.5 Å². The zero-order valence-electron chi connectivity index (χ0n) is 15.0. The van der Waals surface area contributed by atoms with Gasteiger partial charge in [-0.2, -0.15) is 0 Å². The molecule has 1 heterocycles. The molecule has 0 bridgehead atoms. The van der Waals surface area contributed by atoms with E-state index in [4.69, 9.17) is 9.47 Å². The Kier molecular flexibility index (Phi) is 9.20. The van der Waals surface area contributed by atoms with Crippen LogP contribution in [0.2, 0.25) is 0 Å². The molecule has 1 aromatic rings. The van der Waals surface area contributed by atoms with E-state index in [1.165, 1.54) is 5.56 Å². The second-order valence-corrected chi connectivity index (χ2v) is 5.94. The van der Waals surface area contributed by atoms with E-state index in [0.717, 1.165) is 43.5 Å². The molecule has 0 saturated heterocycles. The van der Waals surface area contributed by atoms with Gasteiger partial charge in [0.2, 0.25) is 6.79 Å². The number of likely N-dealkylation sites (N-methyl/N-ethyl adjacent to an activating group) is 1. The van der Waals surface area contributed by atoms with Gasteiger partial charge < -0.3 is 25.0 Å². The van der Waals surface area contributed by atoms with Crippen molar-refractivity contribution in [3.63, 3.8) is 0 Å². The molecule has 6 nitrogen and oxygen atoms in total. The number of guanidine groups is 1. The fourth-order valence-electron chi connectivity index (χ4n) is 2.25. The third-order valence-corrected chi connectivity index (χ3v) is 4.01. The summed E-state index contributed by atoms with van der Waals surface area (Å²) in [5, 5.41) is 6.67. The van der Waals surface area contributed by atoms with Crippen LogP contribution in [0.1, 0.15) is 19.4 Å². The Morgan fingerprint density at radius 3 is 2.62 bits per heavy atom. The first-order valence-electron chi connectivity index (χ1n) is 8.13. The number of aliphatic imine (C=N–C) groups is 1. The van der Waals surface area contributed by atoms with Crippen LogP contribution in [-0.4, -0.2) is 57.4 Å². The first-order chi connectivity index (χ1) is 11.1. The van der Waals surface area contributed by atoms with Gasteiger partial charge in [0.1, 0.15) is 0 Å². The van der Waals surface area contributed by atoms with Gasteiger partial charge in [0.25, 0.3) is 0 Å². The first-order valence-corrected chi connectivity index (χ1v) is 8.13. The Labute approximate surface area is 162 Å². The summed E-state index contributed by atoms with van der Waals surface area (Å²) in [6.07, 6.45) is 0.906. The predicted molar refractivity (Wildman–Crippen MR) is 109 cm³/mol. The maximum absolute atomic E-state index is 5.40. The molecule has 136 valence electrons. The van der Waals surface area contributed by atoms with Gasteiger partial charge in [-0.05, 0) is 45.0 Å². The molecular weight excluding hydrogens is 419 g/mol. The molecule has 0 amide bonds. The monoisotopic (exact) mass is 448 g/mol. The zero-order chi connectivity index (χ0) is 16.7. The molecule has 1 aliphatic heterocycles. The van der Waals surface area contributed by atoms with Crippen molar-refractivity contribution in [1.82, 2.24) is 15.5 Å². The van der Waals surface area contributed by atoms with E-state index in [1.54, 1.807) is 7.05 Å². The minimum Gasteiger partial charge on any atom is -0.454 e. The fraction of sp³-hybridized carbons (Fsp3) is 0.588. The van der Waals surface area contributed by atoms with Crippen molar-refractivity contribution < 1.29 is 9.47 Å². The largest absolute Gasteiger partial charge is 0.454 e. The van der Waals surface area contributed by atoms with Crippen LogP contribution < -0.4 is 20.1 Å². The maximum Gasteiger partial charge on any atom is 0.231 e. The van der Waals surface area contributed by atoms with E-state index in [9.17, 15) is 0 Å². The Balaban J connectivity index is 0.00000288. The van der Waals surface area contributed by atoms with Crippen molar-refractivity contribution >= 4 is 29.9 Å². The molecule has 0 saturated carbocycles. The molecule has 2 rings (SSSR count). The zero-order valence-corrected chi connectivity index (χ0v) is 17.3. The Bertz CT molecular complexity index is 537. The summed E-state index contributed by atoms with van der Waals surface area (Å²) >= 11 is 0. The molecule has 1 aromatic carbocycles. The highest BCUT2D eigenvalue weighted by molar-refractivity contribution is 14.0. The van der Waals surface area contributed by atoms with Crippen LogP contribution in [0, 0.1) is 0 Å². The van der Waals surface area contributed by atoms with E-state index < -0.39 is 0 Å². The van der Waals surface area contributed by atoms with Crippen LogP contribution in [-0.2, 0) is 6.42 Å². The number of nitrogens with one attached hydrogen (secondary N) is 2. The number of ether oxygens (including phenoxy) is 2. The SMILES string of the molecule is CN=C(NCCc1ccc2c(c1)OCO2)NCCN(C)C(C)C.I. The first kappa shape index (κ1) is 20.8. The lowest BCUT2D eigenvalue weighted by Gasteiger charge is -2.21. The number of nitrogens with zero attached hydrogens (tertiary/aromatic N) is 2. The molecule has 1 aliphatic rings. The number of benzene rings is 1. The molecular formula is C17H29IN4O2. The molecule has 0 spiro atoms. The Hall–Kier alpha value is -1.22. The topological polar surface area (TPSA) is 58.1 Å². The Morgan fingerprint density at radius 1 is 1.21 bits per heavy atom. The highest BCUT2D eigenvalue weighted by Gasteiger charge is 2.12. The summed E-state index contributed by atoms with van der Waals surface area (Å²) in [6.45, 7) is 7.38. The van der Waals surface area contributed by atoms with Gasteiger partial charge in [-0.1, -0.05) is 6.07 Å². The van der Waals surface area contributed by atoms with Gasteiger partial charge in [0.15, 0.2) is 17.5 Å². The molecule has 0 aliphatic carbocycles. The average Bonchev–Trinajstić information content (AvgIpc) is 3.00. The number of rotatable bonds is 7.